The van der Waals surface area contributed by atoms with Crippen molar-refractivity contribution in [2.24, 2.45) is 0 Å². The highest BCUT2D eigenvalue weighted by Crippen LogP contribution is 2.19. The molecular weight excluding hydrogens is 254 g/mol. The van der Waals surface area contributed by atoms with Gasteiger partial charge < -0.3 is 5.32 Å². The molecule has 0 fully saturated rings. The Hall–Kier alpha value is -1.88. The molecule has 1 unspecified atom stereocenters. The van der Waals surface area contributed by atoms with Gasteiger partial charge in [0.25, 0.3) is 0 Å². The first-order chi connectivity index (χ1) is 9.60. The first kappa shape index (κ1) is 16.2. The van der Waals surface area contributed by atoms with Gasteiger partial charge in [-0.3, -0.25) is 15.0 Å². The van der Waals surface area contributed by atoms with Gasteiger partial charge in [-0.25, -0.2) is 4.79 Å². The fourth-order valence-corrected chi connectivity index (χ4v) is 2.02. The number of benzene rings is 1. The fraction of sp³-hybridized carbons (Fsp3) is 0.467. The summed E-state index contributed by atoms with van der Waals surface area (Å²) in [6.07, 6.45) is 2.07. The van der Waals surface area contributed by atoms with Crippen LogP contribution in [0.2, 0.25) is 0 Å². The first-order valence-corrected chi connectivity index (χ1v) is 6.88. The van der Waals surface area contributed by atoms with E-state index >= 15 is 0 Å². The highest BCUT2D eigenvalue weighted by molar-refractivity contribution is 5.97. The number of nitrogens with one attached hydrogen (secondary N) is 2. The standard InChI is InChI=1S/C15H23N3O2/c1-4-5-11-18(3)13(12-9-7-6-8-10-12)14(19)17-15(20)16-2/h6-10,13H,4-5,11H2,1-3H3,(H2,16,17,19,20). The van der Waals surface area contributed by atoms with E-state index < -0.39 is 12.1 Å². The Balaban J connectivity index is 2.89. The summed E-state index contributed by atoms with van der Waals surface area (Å²) < 4.78 is 0. The Morgan fingerprint density at radius 3 is 2.45 bits per heavy atom. The van der Waals surface area contributed by atoms with Gasteiger partial charge in [0.2, 0.25) is 5.91 Å². The molecule has 1 aromatic rings. The number of imide groups is 1. The molecule has 0 spiro atoms. The normalized spacial score (nSPS) is 12.0. The summed E-state index contributed by atoms with van der Waals surface area (Å²) in [5.41, 5.74) is 0.882. The number of carbonyl (C=O) groups excluding carboxylic acids is 2. The van der Waals surface area contributed by atoms with Crippen LogP contribution in [0.4, 0.5) is 4.79 Å². The largest absolute Gasteiger partial charge is 0.341 e. The van der Waals surface area contributed by atoms with Gasteiger partial charge >= 0.3 is 6.03 Å². The molecule has 0 saturated carbocycles. The number of unbranched alkanes of at least 4 members (excludes halogenated alkanes) is 1. The van der Waals surface area contributed by atoms with Crippen molar-refractivity contribution in [1.29, 1.82) is 0 Å². The van der Waals surface area contributed by atoms with E-state index in [1.54, 1.807) is 0 Å². The van der Waals surface area contributed by atoms with E-state index in [2.05, 4.69) is 17.6 Å². The van der Waals surface area contributed by atoms with E-state index in [-0.39, 0.29) is 5.91 Å². The van der Waals surface area contributed by atoms with Crippen molar-refractivity contribution in [3.8, 4) is 0 Å². The van der Waals surface area contributed by atoms with Crippen LogP contribution < -0.4 is 10.6 Å². The van der Waals surface area contributed by atoms with Crippen molar-refractivity contribution in [2.75, 3.05) is 20.6 Å². The lowest BCUT2D eigenvalue weighted by Gasteiger charge is -2.27. The van der Waals surface area contributed by atoms with E-state index in [1.165, 1.54) is 7.05 Å². The number of hydrogen-bond acceptors (Lipinski definition) is 3. The molecule has 0 aliphatic rings. The van der Waals surface area contributed by atoms with Crippen LogP contribution in [-0.4, -0.2) is 37.5 Å². The van der Waals surface area contributed by atoms with Crippen LogP contribution >= 0.6 is 0 Å². The molecule has 0 bridgehead atoms. The lowest BCUT2D eigenvalue weighted by Crippen LogP contribution is -2.44. The Labute approximate surface area is 120 Å². The molecule has 1 aromatic carbocycles. The number of amides is 3. The lowest BCUT2D eigenvalue weighted by atomic mass is 10.0. The fourth-order valence-electron chi connectivity index (χ4n) is 2.02. The van der Waals surface area contributed by atoms with Crippen LogP contribution in [0.25, 0.3) is 0 Å². The number of rotatable bonds is 6. The molecule has 3 amide bonds. The minimum atomic E-state index is -0.486. The second-order valence-electron chi connectivity index (χ2n) is 4.72. The Bertz CT molecular complexity index is 434. The van der Waals surface area contributed by atoms with Gasteiger partial charge in [0.15, 0.2) is 0 Å². The van der Waals surface area contributed by atoms with Crippen LogP contribution in [0, 0.1) is 0 Å². The smallest absolute Gasteiger partial charge is 0.321 e. The maximum Gasteiger partial charge on any atom is 0.321 e. The van der Waals surface area contributed by atoms with Crippen LogP contribution in [0.1, 0.15) is 31.4 Å². The van der Waals surface area contributed by atoms with Crippen LogP contribution in [0.3, 0.4) is 0 Å². The lowest BCUT2D eigenvalue weighted by molar-refractivity contribution is -0.125. The number of urea groups is 1. The van der Waals surface area contributed by atoms with E-state index in [9.17, 15) is 9.59 Å². The Morgan fingerprint density at radius 1 is 1.25 bits per heavy atom. The topological polar surface area (TPSA) is 61.4 Å². The van der Waals surface area contributed by atoms with Gasteiger partial charge in [-0.1, -0.05) is 43.7 Å². The van der Waals surface area contributed by atoms with Gasteiger partial charge in [-0.15, -0.1) is 0 Å². The number of nitrogens with zero attached hydrogens (tertiary/aromatic N) is 1. The van der Waals surface area contributed by atoms with Crippen LogP contribution in [0.15, 0.2) is 30.3 Å². The molecule has 0 radical (unpaired) electrons. The third-order valence-corrected chi connectivity index (χ3v) is 3.13. The van der Waals surface area contributed by atoms with Crippen molar-refractivity contribution >= 4 is 11.9 Å². The molecule has 0 aliphatic carbocycles. The molecule has 0 aromatic heterocycles. The molecule has 0 heterocycles. The highest BCUT2D eigenvalue weighted by Gasteiger charge is 2.25. The molecule has 0 saturated heterocycles. The van der Waals surface area contributed by atoms with Gasteiger partial charge in [0.1, 0.15) is 6.04 Å². The number of likely N-dealkylation sites (N-methyl/N-ethyl adjacent to an activating group) is 1. The zero-order chi connectivity index (χ0) is 15.0. The predicted octanol–water partition coefficient (Wildman–Crippen LogP) is 1.92. The molecule has 1 rings (SSSR count). The van der Waals surface area contributed by atoms with E-state index in [1.807, 2.05) is 42.3 Å². The number of carbonyl (C=O) groups is 2. The average Bonchev–Trinajstić information content (AvgIpc) is 2.46. The minimum absolute atomic E-state index is 0.311. The quantitative estimate of drug-likeness (QED) is 0.835. The summed E-state index contributed by atoms with van der Waals surface area (Å²) in [5.74, 6) is -0.311. The van der Waals surface area contributed by atoms with Gasteiger partial charge in [-0.2, -0.15) is 0 Å². The van der Waals surface area contributed by atoms with Crippen molar-refractivity contribution in [1.82, 2.24) is 15.5 Å². The average molecular weight is 277 g/mol. The molecule has 2 N–H and O–H groups in total. The maximum atomic E-state index is 12.3. The van der Waals surface area contributed by atoms with Gasteiger partial charge in [0, 0.05) is 7.05 Å². The zero-order valence-corrected chi connectivity index (χ0v) is 12.3. The molecular formula is C15H23N3O2. The van der Waals surface area contributed by atoms with E-state index in [0.29, 0.717) is 0 Å². The first-order valence-electron chi connectivity index (χ1n) is 6.88. The minimum Gasteiger partial charge on any atom is -0.341 e. The van der Waals surface area contributed by atoms with Crippen molar-refractivity contribution in [2.45, 2.75) is 25.8 Å². The Morgan fingerprint density at radius 2 is 1.90 bits per heavy atom. The van der Waals surface area contributed by atoms with Crippen molar-refractivity contribution < 1.29 is 9.59 Å². The SMILES string of the molecule is CCCCN(C)C(C(=O)NC(=O)NC)c1ccccc1. The maximum absolute atomic E-state index is 12.3. The molecule has 1 atom stereocenters. The Kier molecular flexibility index (Phi) is 6.73. The van der Waals surface area contributed by atoms with Gasteiger partial charge in [0.05, 0.1) is 0 Å². The summed E-state index contributed by atoms with van der Waals surface area (Å²) in [6.45, 7) is 2.91. The number of hydrogen-bond donors (Lipinski definition) is 2. The molecule has 0 aliphatic heterocycles. The second kappa shape index (κ2) is 8.32. The second-order valence-corrected chi connectivity index (χ2v) is 4.72. The molecule has 20 heavy (non-hydrogen) atoms. The van der Waals surface area contributed by atoms with Crippen molar-refractivity contribution in [3.05, 3.63) is 35.9 Å². The third-order valence-electron chi connectivity index (χ3n) is 3.13. The van der Waals surface area contributed by atoms with Gasteiger partial charge in [-0.05, 0) is 25.6 Å². The van der Waals surface area contributed by atoms with Crippen molar-refractivity contribution in [3.63, 3.8) is 0 Å². The molecule has 5 heteroatoms. The summed E-state index contributed by atoms with van der Waals surface area (Å²) in [5, 5.41) is 4.75. The van der Waals surface area contributed by atoms with E-state index in [0.717, 1.165) is 24.9 Å². The molecule has 5 nitrogen and oxygen atoms in total. The summed E-state index contributed by atoms with van der Waals surface area (Å²) in [6, 6.07) is 8.54. The summed E-state index contributed by atoms with van der Waals surface area (Å²) in [4.78, 5) is 25.6. The van der Waals surface area contributed by atoms with Crippen LogP contribution in [0.5, 0.6) is 0 Å². The summed E-state index contributed by atoms with van der Waals surface area (Å²) in [7, 11) is 3.39. The highest BCUT2D eigenvalue weighted by atomic mass is 16.2. The summed E-state index contributed by atoms with van der Waals surface area (Å²) >= 11 is 0. The van der Waals surface area contributed by atoms with Crippen LogP contribution in [-0.2, 0) is 4.79 Å². The monoisotopic (exact) mass is 277 g/mol. The predicted molar refractivity (Wildman–Crippen MR) is 79.3 cm³/mol. The molecule has 110 valence electrons. The van der Waals surface area contributed by atoms with E-state index in [4.69, 9.17) is 0 Å². The zero-order valence-electron chi connectivity index (χ0n) is 12.3. The third kappa shape index (κ3) is 4.66.